The van der Waals surface area contributed by atoms with Crippen LogP contribution in [0.5, 0.6) is 0 Å². The Morgan fingerprint density at radius 2 is 1.90 bits per heavy atom. The van der Waals surface area contributed by atoms with Crippen molar-refractivity contribution in [2.45, 2.75) is 26.4 Å². The van der Waals surface area contributed by atoms with Crippen LogP contribution in [-0.2, 0) is 20.9 Å². The highest BCUT2D eigenvalue weighted by molar-refractivity contribution is 5.83. The van der Waals surface area contributed by atoms with Gasteiger partial charge < -0.3 is 15.4 Å². The largest absolute Gasteiger partial charge is 0.460 e. The SMILES string of the molecule is CCCCNCC(=O)NCC(=O)OCc1ccccc1. The van der Waals surface area contributed by atoms with Gasteiger partial charge in [0.15, 0.2) is 0 Å². The molecule has 0 saturated carbocycles. The molecule has 110 valence electrons. The molecule has 0 aliphatic carbocycles. The number of hydrogen-bond acceptors (Lipinski definition) is 4. The molecule has 20 heavy (non-hydrogen) atoms. The number of ether oxygens (including phenoxy) is 1. The van der Waals surface area contributed by atoms with Crippen LogP contribution in [0, 0.1) is 0 Å². The van der Waals surface area contributed by atoms with Crippen molar-refractivity contribution in [1.82, 2.24) is 10.6 Å². The van der Waals surface area contributed by atoms with Crippen molar-refractivity contribution >= 4 is 11.9 Å². The maximum absolute atomic E-state index is 11.4. The molecular weight excluding hydrogens is 256 g/mol. The van der Waals surface area contributed by atoms with Gasteiger partial charge in [0, 0.05) is 0 Å². The third-order valence-electron chi connectivity index (χ3n) is 2.67. The highest BCUT2D eigenvalue weighted by Crippen LogP contribution is 2.00. The molecule has 1 amide bonds. The third kappa shape index (κ3) is 7.53. The quantitative estimate of drug-likeness (QED) is 0.527. The molecule has 0 unspecified atom stereocenters. The molecule has 1 aromatic rings. The van der Waals surface area contributed by atoms with E-state index in [4.69, 9.17) is 4.74 Å². The maximum Gasteiger partial charge on any atom is 0.325 e. The van der Waals surface area contributed by atoms with Crippen LogP contribution in [0.2, 0.25) is 0 Å². The van der Waals surface area contributed by atoms with Crippen LogP contribution in [0.3, 0.4) is 0 Å². The summed E-state index contributed by atoms with van der Waals surface area (Å²) in [6, 6.07) is 9.42. The fourth-order valence-corrected chi connectivity index (χ4v) is 1.53. The number of amides is 1. The molecule has 5 nitrogen and oxygen atoms in total. The topological polar surface area (TPSA) is 67.4 Å². The molecule has 0 saturated heterocycles. The van der Waals surface area contributed by atoms with Gasteiger partial charge in [-0.2, -0.15) is 0 Å². The first-order chi connectivity index (χ1) is 9.72. The first kappa shape index (κ1) is 16.2. The number of carbonyl (C=O) groups excluding carboxylic acids is 2. The molecule has 1 aromatic carbocycles. The summed E-state index contributed by atoms with van der Waals surface area (Å²) < 4.78 is 5.05. The Hall–Kier alpha value is -1.88. The molecule has 0 bridgehead atoms. The van der Waals surface area contributed by atoms with E-state index >= 15 is 0 Å². The standard InChI is InChI=1S/C15H22N2O3/c1-2-3-9-16-10-14(18)17-11-15(19)20-12-13-7-5-4-6-8-13/h4-8,16H,2-3,9-12H2,1H3,(H,17,18). The smallest absolute Gasteiger partial charge is 0.325 e. The van der Waals surface area contributed by atoms with E-state index in [2.05, 4.69) is 17.6 Å². The number of benzene rings is 1. The molecule has 0 aliphatic rings. The van der Waals surface area contributed by atoms with Crippen molar-refractivity contribution in [1.29, 1.82) is 0 Å². The number of nitrogens with one attached hydrogen (secondary N) is 2. The molecule has 0 spiro atoms. The zero-order valence-electron chi connectivity index (χ0n) is 11.9. The van der Waals surface area contributed by atoms with Crippen molar-refractivity contribution in [2.75, 3.05) is 19.6 Å². The van der Waals surface area contributed by atoms with Gasteiger partial charge in [-0.25, -0.2) is 0 Å². The van der Waals surface area contributed by atoms with E-state index in [1.165, 1.54) is 0 Å². The average molecular weight is 278 g/mol. The first-order valence-corrected chi connectivity index (χ1v) is 6.89. The van der Waals surface area contributed by atoms with Crippen LogP contribution in [0.4, 0.5) is 0 Å². The lowest BCUT2D eigenvalue weighted by atomic mass is 10.2. The fourth-order valence-electron chi connectivity index (χ4n) is 1.53. The van der Waals surface area contributed by atoms with Gasteiger partial charge >= 0.3 is 5.97 Å². The summed E-state index contributed by atoms with van der Waals surface area (Å²) in [5, 5.41) is 5.52. The number of carbonyl (C=O) groups is 2. The predicted molar refractivity (Wildman–Crippen MR) is 77.0 cm³/mol. The molecule has 0 atom stereocenters. The normalized spacial score (nSPS) is 10.1. The molecule has 0 aromatic heterocycles. The Morgan fingerprint density at radius 3 is 2.60 bits per heavy atom. The van der Waals surface area contributed by atoms with E-state index < -0.39 is 5.97 Å². The molecular formula is C15H22N2O3. The highest BCUT2D eigenvalue weighted by Gasteiger charge is 2.06. The van der Waals surface area contributed by atoms with Gasteiger partial charge in [0.25, 0.3) is 0 Å². The van der Waals surface area contributed by atoms with Crippen LogP contribution in [0.25, 0.3) is 0 Å². The summed E-state index contributed by atoms with van der Waals surface area (Å²) in [6.07, 6.45) is 2.12. The fraction of sp³-hybridized carbons (Fsp3) is 0.467. The summed E-state index contributed by atoms with van der Waals surface area (Å²) >= 11 is 0. The molecule has 0 radical (unpaired) electrons. The van der Waals surface area contributed by atoms with Crippen molar-refractivity contribution < 1.29 is 14.3 Å². The molecule has 1 rings (SSSR count). The van der Waals surface area contributed by atoms with Crippen LogP contribution < -0.4 is 10.6 Å². The van der Waals surface area contributed by atoms with E-state index in [-0.39, 0.29) is 25.6 Å². The van der Waals surface area contributed by atoms with Crippen molar-refractivity contribution in [3.8, 4) is 0 Å². The molecule has 0 fully saturated rings. The Bertz CT molecular complexity index is 407. The second-order valence-electron chi connectivity index (χ2n) is 4.45. The summed E-state index contributed by atoms with van der Waals surface area (Å²) in [5.41, 5.74) is 0.924. The molecule has 0 aliphatic heterocycles. The van der Waals surface area contributed by atoms with Crippen molar-refractivity contribution in [3.63, 3.8) is 0 Å². The van der Waals surface area contributed by atoms with E-state index in [9.17, 15) is 9.59 Å². The van der Waals surface area contributed by atoms with Crippen molar-refractivity contribution in [2.24, 2.45) is 0 Å². The van der Waals surface area contributed by atoms with Crippen LogP contribution in [0.1, 0.15) is 25.3 Å². The van der Waals surface area contributed by atoms with Crippen LogP contribution in [0.15, 0.2) is 30.3 Å². The Balaban J connectivity index is 2.09. The van der Waals surface area contributed by atoms with Crippen molar-refractivity contribution in [3.05, 3.63) is 35.9 Å². The maximum atomic E-state index is 11.4. The zero-order valence-corrected chi connectivity index (χ0v) is 11.9. The summed E-state index contributed by atoms with van der Waals surface area (Å²) in [5.74, 6) is -0.631. The first-order valence-electron chi connectivity index (χ1n) is 6.89. The minimum Gasteiger partial charge on any atom is -0.460 e. The Labute approximate surface area is 119 Å². The van der Waals surface area contributed by atoms with E-state index in [0.717, 1.165) is 24.9 Å². The predicted octanol–water partition coefficient (Wildman–Crippen LogP) is 1.24. The van der Waals surface area contributed by atoms with Gasteiger partial charge in [-0.1, -0.05) is 43.7 Å². The number of unbranched alkanes of at least 4 members (excludes halogenated alkanes) is 1. The van der Waals surface area contributed by atoms with Gasteiger partial charge in [-0.05, 0) is 18.5 Å². The summed E-state index contributed by atoms with van der Waals surface area (Å²) in [7, 11) is 0. The lowest BCUT2D eigenvalue weighted by Crippen LogP contribution is -2.37. The second-order valence-corrected chi connectivity index (χ2v) is 4.45. The van der Waals surface area contributed by atoms with E-state index in [1.807, 2.05) is 30.3 Å². The summed E-state index contributed by atoms with van der Waals surface area (Å²) in [4.78, 5) is 22.8. The zero-order chi connectivity index (χ0) is 14.6. The minimum atomic E-state index is -0.434. The Kier molecular flexibility index (Phi) is 8.07. The average Bonchev–Trinajstić information content (AvgIpc) is 2.48. The third-order valence-corrected chi connectivity index (χ3v) is 2.67. The van der Waals surface area contributed by atoms with Gasteiger partial charge in [0.1, 0.15) is 13.2 Å². The molecule has 0 heterocycles. The van der Waals surface area contributed by atoms with Gasteiger partial charge in [-0.15, -0.1) is 0 Å². The van der Waals surface area contributed by atoms with Gasteiger partial charge in [0.05, 0.1) is 6.54 Å². The van der Waals surface area contributed by atoms with Gasteiger partial charge in [-0.3, -0.25) is 9.59 Å². The second kappa shape index (κ2) is 9.97. The highest BCUT2D eigenvalue weighted by atomic mass is 16.5. The minimum absolute atomic E-state index is 0.0961. The number of rotatable bonds is 9. The number of esters is 1. The lowest BCUT2D eigenvalue weighted by molar-refractivity contribution is -0.145. The lowest BCUT2D eigenvalue weighted by Gasteiger charge is -2.07. The Morgan fingerprint density at radius 1 is 1.15 bits per heavy atom. The summed E-state index contributed by atoms with van der Waals surface area (Å²) in [6.45, 7) is 3.25. The molecule has 5 heteroatoms. The van der Waals surface area contributed by atoms with E-state index in [1.54, 1.807) is 0 Å². The van der Waals surface area contributed by atoms with Crippen LogP contribution >= 0.6 is 0 Å². The van der Waals surface area contributed by atoms with E-state index in [0.29, 0.717) is 0 Å². The van der Waals surface area contributed by atoms with Gasteiger partial charge in [0.2, 0.25) is 5.91 Å². The monoisotopic (exact) mass is 278 g/mol. The molecule has 2 N–H and O–H groups in total. The van der Waals surface area contributed by atoms with Crippen LogP contribution in [-0.4, -0.2) is 31.5 Å². The number of hydrogen-bond donors (Lipinski definition) is 2.